The fourth-order valence-electron chi connectivity index (χ4n) is 16.7. The lowest BCUT2D eigenvalue weighted by molar-refractivity contribution is 1.27. The zero-order valence-electron chi connectivity index (χ0n) is 65.8. The lowest BCUT2D eigenvalue weighted by Gasteiger charge is -2.31. The molecule has 19 aromatic carbocycles. The average molecular weight is 1570 g/mol. The predicted octanol–water partition coefficient (Wildman–Crippen LogP) is 33.7. The van der Waals surface area contributed by atoms with Crippen LogP contribution < -0.4 is 19.6 Å². The molecule has 0 saturated heterocycles. The highest BCUT2D eigenvalue weighted by atomic mass is 32.1. The number of nitrogens with zero attached hydrogens (tertiary/aromatic N) is 4. The summed E-state index contributed by atoms with van der Waals surface area (Å²) in [6.45, 7) is 0. The van der Waals surface area contributed by atoms with Crippen molar-refractivity contribution in [3.05, 3.63) is 485 Å². The molecule has 2 aromatic heterocycles. The Labute approximate surface area is 708 Å². The van der Waals surface area contributed by atoms with Crippen molar-refractivity contribution in [3.8, 4) is 77.9 Å². The van der Waals surface area contributed by atoms with Gasteiger partial charge in [0.05, 0.1) is 22.7 Å². The third kappa shape index (κ3) is 15.0. The van der Waals surface area contributed by atoms with Crippen LogP contribution in [0, 0.1) is 0 Å². The van der Waals surface area contributed by atoms with Crippen LogP contribution in [0.1, 0.15) is 0 Å². The molecule has 0 aliphatic rings. The highest BCUT2D eigenvalue weighted by molar-refractivity contribution is 7.26. The number of para-hydroxylation sites is 7. The van der Waals surface area contributed by atoms with Crippen LogP contribution in [0.5, 0.6) is 0 Å². The van der Waals surface area contributed by atoms with Crippen molar-refractivity contribution < 1.29 is 0 Å². The van der Waals surface area contributed by atoms with Gasteiger partial charge < -0.3 is 19.6 Å². The van der Waals surface area contributed by atoms with E-state index in [1.165, 1.54) is 96.0 Å². The van der Waals surface area contributed by atoms with Crippen LogP contribution in [0.15, 0.2) is 485 Å². The maximum Gasteiger partial charge on any atom is 0.0540 e. The smallest absolute Gasteiger partial charge is 0.0540 e. The zero-order valence-corrected chi connectivity index (χ0v) is 67.4. The van der Waals surface area contributed by atoms with Crippen molar-refractivity contribution in [2.45, 2.75) is 0 Å². The van der Waals surface area contributed by atoms with E-state index in [0.717, 1.165) is 90.5 Å². The van der Waals surface area contributed by atoms with Gasteiger partial charge in [0.15, 0.2) is 0 Å². The minimum Gasteiger partial charge on any atom is -0.310 e. The number of rotatable bonds is 19. The van der Waals surface area contributed by atoms with Crippen LogP contribution in [0.2, 0.25) is 0 Å². The second-order valence-electron chi connectivity index (χ2n) is 29.9. The fourth-order valence-corrected chi connectivity index (χ4v) is 19.0. The van der Waals surface area contributed by atoms with E-state index in [9.17, 15) is 0 Å². The highest BCUT2D eigenvalue weighted by Crippen LogP contribution is 2.51. The molecule has 0 spiro atoms. The summed E-state index contributed by atoms with van der Waals surface area (Å²) in [6.07, 6.45) is 0. The van der Waals surface area contributed by atoms with Crippen LogP contribution in [0.25, 0.3) is 118 Å². The molecule has 0 atom stereocenters. The Hall–Kier alpha value is -15.2. The first kappa shape index (κ1) is 73.7. The van der Waals surface area contributed by atoms with E-state index >= 15 is 0 Å². The van der Waals surface area contributed by atoms with Crippen molar-refractivity contribution in [1.29, 1.82) is 0 Å². The molecule has 4 nitrogen and oxygen atoms in total. The first-order valence-electron chi connectivity index (χ1n) is 40.8. The minimum absolute atomic E-state index is 1.07. The molecule has 0 radical (unpaired) electrons. The highest BCUT2D eigenvalue weighted by Gasteiger charge is 2.26. The van der Waals surface area contributed by atoms with E-state index in [2.05, 4.69) is 505 Å². The molecular formula is C114H80N4S2. The van der Waals surface area contributed by atoms with Crippen LogP contribution in [-0.2, 0) is 0 Å². The molecule has 21 aromatic rings. The van der Waals surface area contributed by atoms with E-state index in [4.69, 9.17) is 0 Å². The summed E-state index contributed by atoms with van der Waals surface area (Å²) >= 11 is 3.72. The van der Waals surface area contributed by atoms with Gasteiger partial charge in [0.25, 0.3) is 0 Å². The van der Waals surface area contributed by atoms with Crippen LogP contribution in [0.3, 0.4) is 0 Å². The largest absolute Gasteiger partial charge is 0.310 e. The third-order valence-corrected chi connectivity index (χ3v) is 24.8. The summed E-state index contributed by atoms with van der Waals surface area (Å²) in [5, 5.41) is 5.28. The number of benzene rings is 19. The quantitative estimate of drug-likeness (QED) is 0.0800. The van der Waals surface area contributed by atoms with Crippen molar-refractivity contribution in [3.63, 3.8) is 0 Å². The second kappa shape index (κ2) is 33.6. The number of fused-ring (bicyclic) bond motifs is 6. The molecule has 2 heterocycles. The van der Waals surface area contributed by atoms with Crippen LogP contribution in [-0.4, -0.2) is 0 Å². The SMILES string of the molecule is c1ccc(-c2ccc(N(c3ccc(-c4ccccc4)cc3)c3ccccc3-c3ccccc3N(c3ccc(-c4ccccc4)cc3)c3ccc(-c4ccc5c(c4)sc4ccccc45)cc3)cc2)cc1.c1ccc(N(c2ccccc2)c2ccccc2-c2ccccc2N(c2ccccc2)c2ccc(-c3ccc4c(c3)sc3ccccc34)cc2)cc1. The number of hydrogen-bond acceptors (Lipinski definition) is 6. The maximum atomic E-state index is 2.41. The Morgan fingerprint density at radius 3 is 0.575 bits per heavy atom. The molecule has 0 aliphatic heterocycles. The maximum absolute atomic E-state index is 2.41. The molecule has 568 valence electrons. The van der Waals surface area contributed by atoms with Crippen LogP contribution >= 0.6 is 22.7 Å². The summed E-state index contributed by atoms with van der Waals surface area (Å²) in [6, 6.07) is 175. The first-order valence-corrected chi connectivity index (χ1v) is 42.4. The van der Waals surface area contributed by atoms with E-state index in [1.807, 2.05) is 22.7 Å². The third-order valence-electron chi connectivity index (χ3n) is 22.6. The van der Waals surface area contributed by atoms with Gasteiger partial charge in [0.1, 0.15) is 0 Å². The Morgan fingerprint density at radius 2 is 0.308 bits per heavy atom. The Kier molecular flexibility index (Phi) is 20.6. The molecule has 0 aliphatic carbocycles. The molecule has 0 N–H and O–H groups in total. The molecule has 120 heavy (non-hydrogen) atoms. The van der Waals surface area contributed by atoms with Gasteiger partial charge in [0.2, 0.25) is 0 Å². The lowest BCUT2D eigenvalue weighted by atomic mass is 9.97. The topological polar surface area (TPSA) is 13.0 Å². The Balaban J connectivity index is 0.000000160. The van der Waals surface area contributed by atoms with Crippen molar-refractivity contribution >= 4 is 131 Å². The van der Waals surface area contributed by atoms with E-state index in [0.29, 0.717) is 0 Å². The number of hydrogen-bond donors (Lipinski definition) is 0. The van der Waals surface area contributed by atoms with Gasteiger partial charge in [-0.15, -0.1) is 22.7 Å². The monoisotopic (exact) mass is 1570 g/mol. The van der Waals surface area contributed by atoms with Crippen LogP contribution in [0.4, 0.5) is 68.2 Å². The minimum atomic E-state index is 1.07. The van der Waals surface area contributed by atoms with Crippen molar-refractivity contribution in [1.82, 2.24) is 0 Å². The summed E-state index contributed by atoms with van der Waals surface area (Å²) in [5.74, 6) is 0. The molecule has 21 rings (SSSR count). The number of thiophene rings is 2. The van der Waals surface area contributed by atoms with Crippen molar-refractivity contribution in [2.24, 2.45) is 0 Å². The molecule has 0 unspecified atom stereocenters. The Morgan fingerprint density at radius 1 is 0.125 bits per heavy atom. The van der Waals surface area contributed by atoms with Gasteiger partial charge in [-0.2, -0.15) is 0 Å². The average Bonchev–Trinajstić information content (AvgIpc) is 0.837. The summed E-state index contributed by atoms with van der Waals surface area (Å²) in [7, 11) is 0. The molecule has 0 amide bonds. The standard InChI is InChI=1S/C66H46N2S.C48H34N2S/c1-4-16-47(17-5-1)50-28-37-55(38-29-50)67(56-39-30-51(31-40-56)48-18-6-2-7-19-48)63-25-13-10-22-59(63)60-23-11-14-26-64(60)68(57-41-32-52(33-42-57)49-20-8-3-9-21-49)58-43-34-53(35-44-58)54-36-45-62-61-24-12-15-27-65(61)69-66(62)46-54;1-4-16-37(17-5-1)49(38-18-6-2-7-19-38)45-25-13-10-22-41(45)42-23-11-14-26-46(42)50(39-20-8-3-9-21-39)40-31-28-35(29-32-40)36-30-33-44-43-24-12-15-27-47(43)51-48(44)34-36/h1-46H;1-34H. The van der Waals surface area contributed by atoms with Gasteiger partial charge in [-0.05, 0) is 201 Å². The predicted molar refractivity (Wildman–Crippen MR) is 515 cm³/mol. The zero-order chi connectivity index (χ0) is 79.9. The van der Waals surface area contributed by atoms with Gasteiger partial charge in [-0.3, -0.25) is 0 Å². The molecule has 6 heteroatoms. The van der Waals surface area contributed by atoms with Gasteiger partial charge in [-0.1, -0.05) is 340 Å². The Bertz CT molecular complexity index is 6980. The summed E-state index contributed by atoms with van der Waals surface area (Å²) in [5.41, 5.74) is 29.6. The first-order chi connectivity index (χ1) is 59.5. The van der Waals surface area contributed by atoms with Gasteiger partial charge in [0, 0.05) is 108 Å². The molecular weight excluding hydrogens is 1490 g/mol. The van der Waals surface area contributed by atoms with E-state index in [-0.39, 0.29) is 0 Å². The lowest BCUT2D eigenvalue weighted by Crippen LogP contribution is -2.13. The van der Waals surface area contributed by atoms with Gasteiger partial charge >= 0.3 is 0 Å². The van der Waals surface area contributed by atoms with E-state index in [1.54, 1.807) is 0 Å². The molecule has 0 fully saturated rings. The van der Waals surface area contributed by atoms with E-state index < -0.39 is 0 Å². The second-order valence-corrected chi connectivity index (χ2v) is 32.0. The fraction of sp³-hybridized carbons (Fsp3) is 0. The normalized spacial score (nSPS) is 11.2. The van der Waals surface area contributed by atoms with Crippen molar-refractivity contribution in [2.75, 3.05) is 19.6 Å². The molecule has 0 saturated carbocycles. The summed E-state index contributed by atoms with van der Waals surface area (Å²) in [4.78, 5) is 9.53. The van der Waals surface area contributed by atoms with Gasteiger partial charge in [-0.25, -0.2) is 0 Å². The number of anilines is 12. The summed E-state index contributed by atoms with van der Waals surface area (Å²) < 4.78 is 5.27. The molecule has 0 bridgehead atoms.